The molecule has 8 heteroatoms. The third-order valence-electron chi connectivity index (χ3n) is 6.03. The average molecular weight is 447 g/mol. The molecule has 0 bridgehead atoms. The second kappa shape index (κ2) is 8.79. The largest absolute Gasteiger partial charge is 0.381 e. The fraction of sp³-hybridized carbons (Fsp3) is 0.609. The van der Waals surface area contributed by atoms with E-state index in [1.165, 1.54) is 0 Å². The molecular weight excluding hydrogens is 416 g/mol. The van der Waals surface area contributed by atoms with Crippen LogP contribution in [0.1, 0.15) is 56.9 Å². The van der Waals surface area contributed by atoms with Crippen LogP contribution in [0.25, 0.3) is 10.9 Å². The molecule has 2 aliphatic rings. The van der Waals surface area contributed by atoms with Gasteiger partial charge >= 0.3 is 0 Å². The third kappa shape index (κ3) is 5.21. The van der Waals surface area contributed by atoms with Crippen LogP contribution in [0.3, 0.4) is 0 Å². The Morgan fingerprint density at radius 2 is 1.94 bits per heavy atom. The van der Waals surface area contributed by atoms with Gasteiger partial charge in [0.15, 0.2) is 5.69 Å². The summed E-state index contributed by atoms with van der Waals surface area (Å²) >= 11 is 6.24. The molecule has 168 valence electrons. The number of hydrogen-bond donors (Lipinski definition) is 2. The number of fused-ring (bicyclic) bond motifs is 1. The summed E-state index contributed by atoms with van der Waals surface area (Å²) in [6.07, 6.45) is 3.94. The quantitative estimate of drug-likeness (QED) is 0.710. The number of aromatic nitrogens is 2. The van der Waals surface area contributed by atoms with Crippen LogP contribution in [-0.4, -0.2) is 46.9 Å². The molecule has 2 fully saturated rings. The van der Waals surface area contributed by atoms with Gasteiger partial charge in [-0.1, -0.05) is 32.4 Å². The van der Waals surface area contributed by atoms with Gasteiger partial charge in [-0.05, 0) is 55.2 Å². The number of rotatable bonds is 6. The molecule has 0 spiro atoms. The highest BCUT2D eigenvalue weighted by Gasteiger charge is 2.36. The summed E-state index contributed by atoms with van der Waals surface area (Å²) in [6.45, 7) is 8.08. The van der Waals surface area contributed by atoms with E-state index >= 15 is 0 Å². The van der Waals surface area contributed by atoms with Crippen molar-refractivity contribution in [3.63, 3.8) is 0 Å². The highest BCUT2D eigenvalue weighted by molar-refractivity contribution is 6.31. The lowest BCUT2D eigenvalue weighted by atomic mass is 9.86. The van der Waals surface area contributed by atoms with Crippen molar-refractivity contribution < 1.29 is 14.3 Å². The fourth-order valence-corrected chi connectivity index (χ4v) is 4.19. The molecule has 1 aromatic heterocycles. The van der Waals surface area contributed by atoms with E-state index in [0.717, 1.165) is 51.0 Å². The van der Waals surface area contributed by atoms with Crippen molar-refractivity contribution in [2.45, 2.75) is 65.1 Å². The molecule has 2 amide bonds. The van der Waals surface area contributed by atoms with Gasteiger partial charge in [-0.25, -0.2) is 0 Å². The summed E-state index contributed by atoms with van der Waals surface area (Å²) in [5.41, 5.74) is 0.737. The van der Waals surface area contributed by atoms with Gasteiger partial charge in [0.2, 0.25) is 5.91 Å². The van der Waals surface area contributed by atoms with Crippen LogP contribution in [-0.2, 0) is 16.1 Å². The topological polar surface area (TPSA) is 85.2 Å². The van der Waals surface area contributed by atoms with E-state index in [-0.39, 0.29) is 17.9 Å². The van der Waals surface area contributed by atoms with Crippen molar-refractivity contribution in [1.29, 1.82) is 0 Å². The van der Waals surface area contributed by atoms with Gasteiger partial charge in [-0.3, -0.25) is 14.3 Å². The van der Waals surface area contributed by atoms with Crippen molar-refractivity contribution in [3.05, 3.63) is 28.9 Å². The van der Waals surface area contributed by atoms with Crippen LogP contribution in [0.2, 0.25) is 5.02 Å². The molecule has 2 N–H and O–H groups in total. The first-order chi connectivity index (χ1) is 14.7. The Bertz CT molecular complexity index is 971. The van der Waals surface area contributed by atoms with Crippen molar-refractivity contribution in [2.75, 3.05) is 13.2 Å². The second-order valence-corrected chi connectivity index (χ2v) is 10.2. The van der Waals surface area contributed by atoms with Gasteiger partial charge in [0, 0.05) is 36.2 Å². The minimum absolute atomic E-state index is 0.146. The second-order valence-electron chi connectivity index (χ2n) is 9.80. The van der Waals surface area contributed by atoms with Crippen LogP contribution < -0.4 is 10.6 Å². The Hall–Kier alpha value is -2.12. The number of hydrogen-bond acceptors (Lipinski definition) is 4. The van der Waals surface area contributed by atoms with E-state index in [9.17, 15) is 9.59 Å². The molecule has 2 heterocycles. The van der Waals surface area contributed by atoms with Crippen LogP contribution in [0.15, 0.2) is 18.2 Å². The van der Waals surface area contributed by atoms with Gasteiger partial charge in [-0.15, -0.1) is 0 Å². The van der Waals surface area contributed by atoms with E-state index < -0.39 is 11.5 Å². The number of benzene rings is 1. The number of nitrogens with one attached hydrogen (secondary N) is 2. The van der Waals surface area contributed by atoms with Crippen molar-refractivity contribution in [2.24, 2.45) is 11.3 Å². The summed E-state index contributed by atoms with van der Waals surface area (Å²) < 4.78 is 7.36. The number of carbonyl (C=O) groups is 2. The van der Waals surface area contributed by atoms with Gasteiger partial charge in [0.25, 0.3) is 5.91 Å². The highest BCUT2D eigenvalue weighted by atomic mass is 35.5. The molecule has 1 saturated carbocycles. The number of amides is 2. The molecule has 1 saturated heterocycles. The fourth-order valence-electron chi connectivity index (χ4n) is 4.02. The first-order valence-corrected chi connectivity index (χ1v) is 11.4. The van der Waals surface area contributed by atoms with E-state index in [2.05, 4.69) is 15.7 Å². The Balaban J connectivity index is 1.61. The Labute approximate surface area is 187 Å². The van der Waals surface area contributed by atoms with E-state index in [0.29, 0.717) is 22.0 Å². The Kier molecular flexibility index (Phi) is 6.26. The number of carbonyl (C=O) groups excluding carboxylic acids is 2. The molecule has 0 unspecified atom stereocenters. The van der Waals surface area contributed by atoms with Crippen molar-refractivity contribution in [3.8, 4) is 0 Å². The minimum atomic E-state index is -0.657. The van der Waals surface area contributed by atoms with Gasteiger partial charge < -0.3 is 15.4 Å². The average Bonchev–Trinajstić information content (AvgIpc) is 3.46. The molecule has 7 nitrogen and oxygen atoms in total. The van der Waals surface area contributed by atoms with Crippen molar-refractivity contribution in [1.82, 2.24) is 20.4 Å². The summed E-state index contributed by atoms with van der Waals surface area (Å²) in [5, 5.41) is 11.9. The van der Waals surface area contributed by atoms with Crippen LogP contribution in [0.5, 0.6) is 0 Å². The molecule has 4 rings (SSSR count). The summed E-state index contributed by atoms with van der Waals surface area (Å²) in [7, 11) is 0. The molecule has 1 aliphatic heterocycles. The van der Waals surface area contributed by atoms with E-state index in [1.807, 2.05) is 37.6 Å². The zero-order valence-corrected chi connectivity index (χ0v) is 19.2. The Morgan fingerprint density at radius 3 is 2.58 bits per heavy atom. The first-order valence-electron chi connectivity index (χ1n) is 11.1. The standard InChI is InChI=1S/C23H31ClN4O3/c1-23(2,3)20(22(30)25-16-5-6-16)26-21(29)19-17-12-15(24)4-7-18(17)28(27-19)13-14-8-10-31-11-9-14/h4,7,12,14,16,20H,5-6,8-11,13H2,1-3H3,(H,25,30)(H,26,29)/t20-/m1/s1. The summed E-state index contributed by atoms with van der Waals surface area (Å²) in [4.78, 5) is 26.1. The molecule has 2 aromatic rings. The maximum Gasteiger partial charge on any atom is 0.273 e. The van der Waals surface area contributed by atoms with Crippen molar-refractivity contribution >= 4 is 34.3 Å². The lowest BCUT2D eigenvalue weighted by molar-refractivity contribution is -0.125. The minimum Gasteiger partial charge on any atom is -0.381 e. The molecule has 1 atom stereocenters. The summed E-state index contributed by atoms with van der Waals surface area (Å²) in [5.74, 6) is -0.0497. The maximum absolute atomic E-state index is 13.3. The normalized spacial score (nSPS) is 18.7. The monoisotopic (exact) mass is 446 g/mol. The van der Waals surface area contributed by atoms with Crippen LogP contribution >= 0.6 is 11.6 Å². The predicted octanol–water partition coefficient (Wildman–Crippen LogP) is 3.54. The smallest absolute Gasteiger partial charge is 0.273 e. The molecule has 1 aliphatic carbocycles. The zero-order valence-electron chi connectivity index (χ0n) is 18.4. The Morgan fingerprint density at radius 1 is 1.23 bits per heavy atom. The zero-order chi connectivity index (χ0) is 22.2. The molecular formula is C23H31ClN4O3. The lowest BCUT2D eigenvalue weighted by Gasteiger charge is -2.30. The highest BCUT2D eigenvalue weighted by Crippen LogP contribution is 2.27. The SMILES string of the molecule is CC(C)(C)[C@H](NC(=O)c1nn(CC2CCOCC2)c2ccc(Cl)cc12)C(=O)NC1CC1. The van der Waals surface area contributed by atoms with Crippen LogP contribution in [0, 0.1) is 11.3 Å². The number of ether oxygens (including phenoxy) is 1. The van der Waals surface area contributed by atoms with Crippen LogP contribution in [0.4, 0.5) is 0 Å². The summed E-state index contributed by atoms with van der Waals surface area (Å²) in [6, 6.07) is 5.06. The van der Waals surface area contributed by atoms with E-state index in [1.54, 1.807) is 6.07 Å². The maximum atomic E-state index is 13.3. The lowest BCUT2D eigenvalue weighted by Crippen LogP contribution is -2.54. The molecule has 0 radical (unpaired) electrons. The number of nitrogens with zero attached hydrogens (tertiary/aromatic N) is 2. The first kappa shape index (κ1) is 22.1. The van der Waals surface area contributed by atoms with Gasteiger partial charge in [0.1, 0.15) is 6.04 Å². The molecule has 31 heavy (non-hydrogen) atoms. The predicted molar refractivity (Wildman–Crippen MR) is 120 cm³/mol. The molecule has 1 aromatic carbocycles. The third-order valence-corrected chi connectivity index (χ3v) is 6.26. The van der Waals surface area contributed by atoms with E-state index in [4.69, 9.17) is 16.3 Å². The number of halogens is 1. The van der Waals surface area contributed by atoms with Gasteiger partial charge in [0.05, 0.1) is 5.52 Å². The van der Waals surface area contributed by atoms with Gasteiger partial charge in [-0.2, -0.15) is 5.10 Å².